The highest BCUT2D eigenvalue weighted by Crippen LogP contribution is 2.21. The molecule has 1 N–H and O–H groups in total. The maximum atomic E-state index is 12.5. The zero-order chi connectivity index (χ0) is 17.6. The molecule has 1 aliphatic heterocycles. The highest BCUT2D eigenvalue weighted by atomic mass is 16.5. The summed E-state index contributed by atoms with van der Waals surface area (Å²) in [5.41, 5.74) is 3.99. The molecule has 1 amide bonds. The molecule has 0 unspecified atom stereocenters. The molecule has 0 spiro atoms. The number of anilines is 2. The average Bonchev–Trinajstić information content (AvgIpc) is 2.67. The molecule has 1 fully saturated rings. The molecule has 1 saturated heterocycles. The van der Waals surface area contributed by atoms with E-state index in [1.807, 2.05) is 55.4 Å². The lowest BCUT2D eigenvalue weighted by atomic mass is 10.1. The van der Waals surface area contributed by atoms with Crippen LogP contribution in [-0.2, 0) is 11.3 Å². The number of nitrogens with one attached hydrogen (secondary N) is 1. The van der Waals surface area contributed by atoms with E-state index < -0.39 is 0 Å². The minimum Gasteiger partial charge on any atom is -0.378 e. The fourth-order valence-electron chi connectivity index (χ4n) is 2.98. The molecule has 0 bridgehead atoms. The van der Waals surface area contributed by atoms with Gasteiger partial charge in [-0.1, -0.05) is 24.3 Å². The molecular formula is C20H25N3O2. The Balaban J connectivity index is 1.69. The van der Waals surface area contributed by atoms with E-state index in [1.165, 1.54) is 5.69 Å². The SMILES string of the molecule is CN(C)c1cccc(C(=O)NCc2ccccc2N2CCOCC2)c1. The van der Waals surface area contributed by atoms with Crippen molar-refractivity contribution in [3.05, 3.63) is 59.7 Å². The van der Waals surface area contributed by atoms with Crippen molar-refractivity contribution in [3.8, 4) is 0 Å². The molecule has 3 rings (SSSR count). The zero-order valence-corrected chi connectivity index (χ0v) is 14.9. The van der Waals surface area contributed by atoms with Crippen molar-refractivity contribution in [2.75, 3.05) is 50.2 Å². The van der Waals surface area contributed by atoms with Crippen molar-refractivity contribution in [2.24, 2.45) is 0 Å². The summed E-state index contributed by atoms with van der Waals surface area (Å²) in [4.78, 5) is 16.8. The molecule has 0 radical (unpaired) electrons. The second-order valence-electron chi connectivity index (χ2n) is 6.36. The Morgan fingerprint density at radius 3 is 2.64 bits per heavy atom. The van der Waals surface area contributed by atoms with E-state index in [0.717, 1.165) is 37.6 Å². The Labute approximate surface area is 149 Å². The minimum atomic E-state index is -0.0551. The number of para-hydroxylation sites is 1. The lowest BCUT2D eigenvalue weighted by Crippen LogP contribution is -2.37. The van der Waals surface area contributed by atoms with E-state index in [9.17, 15) is 4.79 Å². The number of hydrogen-bond acceptors (Lipinski definition) is 4. The van der Waals surface area contributed by atoms with Gasteiger partial charge < -0.3 is 19.9 Å². The van der Waals surface area contributed by atoms with Crippen LogP contribution in [0, 0.1) is 0 Å². The molecule has 2 aromatic carbocycles. The maximum absolute atomic E-state index is 12.5. The van der Waals surface area contributed by atoms with E-state index in [2.05, 4.69) is 22.3 Å². The number of amides is 1. The smallest absolute Gasteiger partial charge is 0.251 e. The van der Waals surface area contributed by atoms with Gasteiger partial charge in [-0.15, -0.1) is 0 Å². The molecule has 0 atom stereocenters. The predicted molar refractivity (Wildman–Crippen MR) is 101 cm³/mol. The van der Waals surface area contributed by atoms with Crippen LogP contribution in [0.25, 0.3) is 0 Å². The Kier molecular flexibility index (Phi) is 5.56. The van der Waals surface area contributed by atoms with Gasteiger partial charge in [0.25, 0.3) is 5.91 Å². The van der Waals surface area contributed by atoms with Gasteiger partial charge in [-0.3, -0.25) is 4.79 Å². The van der Waals surface area contributed by atoms with Crippen molar-refractivity contribution in [3.63, 3.8) is 0 Å². The molecular weight excluding hydrogens is 314 g/mol. The van der Waals surface area contributed by atoms with E-state index in [4.69, 9.17) is 4.74 Å². The molecule has 25 heavy (non-hydrogen) atoms. The predicted octanol–water partition coefficient (Wildman–Crippen LogP) is 2.52. The largest absolute Gasteiger partial charge is 0.378 e. The van der Waals surface area contributed by atoms with Gasteiger partial charge in [-0.25, -0.2) is 0 Å². The Hall–Kier alpha value is -2.53. The Morgan fingerprint density at radius 2 is 1.88 bits per heavy atom. The summed E-state index contributed by atoms with van der Waals surface area (Å²) in [6, 6.07) is 15.9. The second-order valence-corrected chi connectivity index (χ2v) is 6.36. The summed E-state index contributed by atoms with van der Waals surface area (Å²) in [5, 5.41) is 3.05. The summed E-state index contributed by atoms with van der Waals surface area (Å²) in [5.74, 6) is -0.0551. The van der Waals surface area contributed by atoms with Crippen LogP contribution in [0.2, 0.25) is 0 Å². The van der Waals surface area contributed by atoms with Gasteiger partial charge >= 0.3 is 0 Å². The lowest BCUT2D eigenvalue weighted by molar-refractivity contribution is 0.0950. The monoisotopic (exact) mass is 339 g/mol. The van der Waals surface area contributed by atoms with Crippen molar-refractivity contribution < 1.29 is 9.53 Å². The number of ether oxygens (including phenoxy) is 1. The van der Waals surface area contributed by atoms with Gasteiger partial charge in [-0.2, -0.15) is 0 Å². The quantitative estimate of drug-likeness (QED) is 0.909. The summed E-state index contributed by atoms with van der Waals surface area (Å²) in [6.45, 7) is 3.78. The van der Waals surface area contributed by atoms with Crippen LogP contribution >= 0.6 is 0 Å². The third-order valence-corrected chi connectivity index (χ3v) is 4.41. The highest BCUT2D eigenvalue weighted by Gasteiger charge is 2.15. The van der Waals surface area contributed by atoms with Crippen molar-refractivity contribution >= 4 is 17.3 Å². The maximum Gasteiger partial charge on any atom is 0.251 e. The van der Waals surface area contributed by atoms with Crippen LogP contribution in [0.4, 0.5) is 11.4 Å². The summed E-state index contributed by atoms with van der Waals surface area (Å²) in [6.07, 6.45) is 0. The molecule has 5 heteroatoms. The minimum absolute atomic E-state index is 0.0551. The first-order valence-electron chi connectivity index (χ1n) is 8.61. The van der Waals surface area contributed by atoms with Gasteiger partial charge in [0.05, 0.1) is 13.2 Å². The van der Waals surface area contributed by atoms with Crippen LogP contribution < -0.4 is 15.1 Å². The topological polar surface area (TPSA) is 44.8 Å². The summed E-state index contributed by atoms with van der Waals surface area (Å²) in [7, 11) is 3.94. The van der Waals surface area contributed by atoms with Gasteiger partial charge in [0.2, 0.25) is 0 Å². The van der Waals surface area contributed by atoms with Gasteiger partial charge in [-0.05, 0) is 29.8 Å². The van der Waals surface area contributed by atoms with Crippen LogP contribution in [0.1, 0.15) is 15.9 Å². The van der Waals surface area contributed by atoms with Crippen LogP contribution in [0.3, 0.4) is 0 Å². The van der Waals surface area contributed by atoms with Crippen molar-refractivity contribution in [1.29, 1.82) is 0 Å². The van der Waals surface area contributed by atoms with Crippen LogP contribution in [0.5, 0.6) is 0 Å². The van der Waals surface area contributed by atoms with Crippen LogP contribution in [-0.4, -0.2) is 46.3 Å². The molecule has 5 nitrogen and oxygen atoms in total. The third-order valence-electron chi connectivity index (χ3n) is 4.41. The lowest BCUT2D eigenvalue weighted by Gasteiger charge is -2.30. The Bertz CT molecular complexity index is 724. The fraction of sp³-hybridized carbons (Fsp3) is 0.350. The second kappa shape index (κ2) is 8.03. The summed E-state index contributed by atoms with van der Waals surface area (Å²) >= 11 is 0. The number of morpholine rings is 1. The first-order valence-corrected chi connectivity index (χ1v) is 8.61. The molecule has 0 saturated carbocycles. The van der Waals surface area contributed by atoms with Crippen molar-refractivity contribution in [1.82, 2.24) is 5.32 Å². The molecule has 2 aromatic rings. The van der Waals surface area contributed by atoms with E-state index in [-0.39, 0.29) is 5.91 Å². The number of nitrogens with zero attached hydrogens (tertiary/aromatic N) is 2. The first-order chi connectivity index (χ1) is 12.1. The van der Waals surface area contributed by atoms with Crippen LogP contribution in [0.15, 0.2) is 48.5 Å². The average molecular weight is 339 g/mol. The highest BCUT2D eigenvalue weighted by molar-refractivity contribution is 5.95. The molecule has 0 aromatic heterocycles. The van der Waals surface area contributed by atoms with Gasteiger partial charge in [0.1, 0.15) is 0 Å². The molecule has 1 heterocycles. The number of benzene rings is 2. The number of rotatable bonds is 5. The first kappa shape index (κ1) is 17.3. The number of carbonyl (C=O) groups excluding carboxylic acids is 1. The summed E-state index contributed by atoms with van der Waals surface area (Å²) < 4.78 is 5.43. The normalized spacial score (nSPS) is 14.2. The fourth-order valence-corrected chi connectivity index (χ4v) is 2.98. The van der Waals surface area contributed by atoms with Gasteiger partial charge in [0, 0.05) is 50.7 Å². The Morgan fingerprint density at radius 1 is 1.12 bits per heavy atom. The zero-order valence-electron chi connectivity index (χ0n) is 14.9. The molecule has 0 aliphatic carbocycles. The number of carbonyl (C=O) groups is 1. The van der Waals surface area contributed by atoms with E-state index in [0.29, 0.717) is 12.1 Å². The van der Waals surface area contributed by atoms with Crippen molar-refractivity contribution in [2.45, 2.75) is 6.54 Å². The molecule has 132 valence electrons. The standard InChI is InChI=1S/C20H25N3O2/c1-22(2)18-8-5-7-16(14-18)20(24)21-15-17-6-3-4-9-19(17)23-10-12-25-13-11-23/h3-9,14H,10-13,15H2,1-2H3,(H,21,24). The van der Waals surface area contributed by atoms with Gasteiger partial charge in [0.15, 0.2) is 0 Å². The van der Waals surface area contributed by atoms with E-state index in [1.54, 1.807) is 0 Å². The number of hydrogen-bond donors (Lipinski definition) is 1. The van der Waals surface area contributed by atoms with E-state index >= 15 is 0 Å². The molecule has 1 aliphatic rings. The third kappa shape index (κ3) is 4.31.